The van der Waals surface area contributed by atoms with Crippen molar-refractivity contribution in [3.05, 3.63) is 70.5 Å². The first-order chi connectivity index (χ1) is 11.2. The first-order valence-corrected chi connectivity index (χ1v) is 8.04. The van der Waals surface area contributed by atoms with Crippen LogP contribution in [0.4, 0.5) is 4.39 Å². The van der Waals surface area contributed by atoms with Gasteiger partial charge in [0, 0.05) is 20.1 Å². The molecule has 4 heteroatoms. The molecule has 1 aliphatic rings. The summed E-state index contributed by atoms with van der Waals surface area (Å²) in [6.45, 7) is 1.28. The van der Waals surface area contributed by atoms with Crippen molar-refractivity contribution in [3.63, 3.8) is 0 Å². The lowest BCUT2D eigenvalue weighted by Crippen LogP contribution is -2.36. The van der Waals surface area contributed by atoms with Gasteiger partial charge in [0.05, 0.1) is 0 Å². The molecule has 0 saturated heterocycles. The average molecular weight is 311 g/mol. The molecule has 120 valence electrons. The molecule has 3 rings (SSSR count). The monoisotopic (exact) mass is 311 g/mol. The van der Waals surface area contributed by atoms with E-state index < -0.39 is 0 Å². The second-order valence-electron chi connectivity index (χ2n) is 5.87. The molecule has 0 unspecified atom stereocenters. The van der Waals surface area contributed by atoms with E-state index in [1.54, 1.807) is 13.1 Å². The number of halogens is 1. The van der Waals surface area contributed by atoms with Gasteiger partial charge >= 0.3 is 0 Å². The molecule has 2 aromatic rings. The van der Waals surface area contributed by atoms with Crippen LogP contribution < -0.4 is 10.6 Å². The SMILES string of the molecule is CN=C(NCc1cccc(F)c1)NCc1ccc2c(c1)CCC2. The average Bonchev–Trinajstić information content (AvgIpc) is 3.03. The summed E-state index contributed by atoms with van der Waals surface area (Å²) in [6, 6.07) is 13.3. The molecule has 0 aromatic heterocycles. The largest absolute Gasteiger partial charge is 0.352 e. The van der Waals surface area contributed by atoms with E-state index >= 15 is 0 Å². The predicted octanol–water partition coefficient (Wildman–Crippen LogP) is 3.18. The highest BCUT2D eigenvalue weighted by Crippen LogP contribution is 2.22. The molecule has 0 fully saturated rings. The Morgan fingerprint density at radius 3 is 2.48 bits per heavy atom. The first kappa shape index (κ1) is 15.5. The number of hydrogen-bond donors (Lipinski definition) is 2. The fourth-order valence-corrected chi connectivity index (χ4v) is 2.97. The summed E-state index contributed by atoms with van der Waals surface area (Å²) >= 11 is 0. The summed E-state index contributed by atoms with van der Waals surface area (Å²) in [6.07, 6.45) is 3.67. The number of rotatable bonds is 4. The minimum Gasteiger partial charge on any atom is -0.352 e. The number of hydrogen-bond acceptors (Lipinski definition) is 1. The zero-order valence-corrected chi connectivity index (χ0v) is 13.4. The molecule has 0 aliphatic heterocycles. The third-order valence-corrected chi connectivity index (χ3v) is 4.20. The lowest BCUT2D eigenvalue weighted by molar-refractivity contribution is 0.624. The maximum atomic E-state index is 13.2. The van der Waals surface area contributed by atoms with Gasteiger partial charge in [-0.25, -0.2) is 4.39 Å². The summed E-state index contributed by atoms with van der Waals surface area (Å²) in [7, 11) is 1.74. The van der Waals surface area contributed by atoms with Crippen LogP contribution in [0.15, 0.2) is 47.5 Å². The predicted molar refractivity (Wildman–Crippen MR) is 91.9 cm³/mol. The van der Waals surface area contributed by atoms with Crippen LogP contribution in [0.25, 0.3) is 0 Å². The van der Waals surface area contributed by atoms with Gasteiger partial charge < -0.3 is 10.6 Å². The molecule has 0 atom stereocenters. The molecule has 0 amide bonds. The molecule has 0 radical (unpaired) electrons. The van der Waals surface area contributed by atoms with E-state index in [1.807, 2.05) is 6.07 Å². The van der Waals surface area contributed by atoms with Gasteiger partial charge in [-0.1, -0.05) is 30.3 Å². The zero-order chi connectivity index (χ0) is 16.1. The summed E-state index contributed by atoms with van der Waals surface area (Å²) < 4.78 is 13.2. The molecule has 2 N–H and O–H groups in total. The molecule has 0 heterocycles. The van der Waals surface area contributed by atoms with E-state index in [0.29, 0.717) is 6.54 Å². The van der Waals surface area contributed by atoms with Crippen molar-refractivity contribution in [2.45, 2.75) is 32.4 Å². The number of nitrogens with zero attached hydrogens (tertiary/aromatic N) is 1. The van der Waals surface area contributed by atoms with E-state index in [2.05, 4.69) is 33.8 Å². The fraction of sp³-hybridized carbons (Fsp3) is 0.316. The number of nitrogens with one attached hydrogen (secondary N) is 2. The van der Waals surface area contributed by atoms with Crippen LogP contribution in [0.3, 0.4) is 0 Å². The Hall–Kier alpha value is -2.36. The van der Waals surface area contributed by atoms with Crippen LogP contribution in [-0.4, -0.2) is 13.0 Å². The lowest BCUT2D eigenvalue weighted by atomic mass is 10.1. The van der Waals surface area contributed by atoms with Gasteiger partial charge in [0.2, 0.25) is 0 Å². The second kappa shape index (κ2) is 7.27. The van der Waals surface area contributed by atoms with Crippen molar-refractivity contribution in [1.29, 1.82) is 0 Å². The highest BCUT2D eigenvalue weighted by atomic mass is 19.1. The van der Waals surface area contributed by atoms with E-state index in [4.69, 9.17) is 0 Å². The van der Waals surface area contributed by atoms with Gasteiger partial charge in [-0.15, -0.1) is 0 Å². The minimum atomic E-state index is -0.217. The van der Waals surface area contributed by atoms with Gasteiger partial charge in [0.15, 0.2) is 5.96 Å². The van der Waals surface area contributed by atoms with Crippen molar-refractivity contribution < 1.29 is 4.39 Å². The Balaban J connectivity index is 1.53. The molecular weight excluding hydrogens is 289 g/mol. The smallest absolute Gasteiger partial charge is 0.191 e. The van der Waals surface area contributed by atoms with Crippen molar-refractivity contribution >= 4 is 5.96 Å². The molecule has 0 saturated carbocycles. The first-order valence-electron chi connectivity index (χ1n) is 8.04. The van der Waals surface area contributed by atoms with Crippen molar-refractivity contribution in [3.8, 4) is 0 Å². The van der Waals surface area contributed by atoms with Gasteiger partial charge in [0.25, 0.3) is 0 Å². The van der Waals surface area contributed by atoms with Gasteiger partial charge in [-0.05, 0) is 53.6 Å². The fourth-order valence-electron chi connectivity index (χ4n) is 2.97. The van der Waals surface area contributed by atoms with Gasteiger partial charge in [0.1, 0.15) is 5.82 Å². The van der Waals surface area contributed by atoms with Crippen molar-refractivity contribution in [1.82, 2.24) is 10.6 Å². The van der Waals surface area contributed by atoms with E-state index in [0.717, 1.165) is 18.1 Å². The number of aryl methyl sites for hydroxylation is 2. The van der Waals surface area contributed by atoms with Gasteiger partial charge in [-0.3, -0.25) is 4.99 Å². The number of guanidine groups is 1. The van der Waals surface area contributed by atoms with Crippen LogP contribution in [0.5, 0.6) is 0 Å². The van der Waals surface area contributed by atoms with E-state index in [-0.39, 0.29) is 5.82 Å². The van der Waals surface area contributed by atoms with Crippen molar-refractivity contribution in [2.24, 2.45) is 4.99 Å². The van der Waals surface area contributed by atoms with Crippen LogP contribution >= 0.6 is 0 Å². The standard InChI is InChI=1S/C19H22FN3/c1-21-19(22-12-14-4-2-7-18(20)11-14)23-13-15-8-9-16-5-3-6-17(16)10-15/h2,4,7-11H,3,5-6,12-13H2,1H3,(H2,21,22,23). The third-order valence-electron chi connectivity index (χ3n) is 4.20. The third kappa shape index (κ3) is 4.09. The molecule has 1 aliphatic carbocycles. The summed E-state index contributed by atoms with van der Waals surface area (Å²) in [4.78, 5) is 4.21. The molecule has 0 bridgehead atoms. The normalized spacial score (nSPS) is 13.7. The topological polar surface area (TPSA) is 36.4 Å². The molecule has 3 nitrogen and oxygen atoms in total. The Morgan fingerprint density at radius 2 is 1.74 bits per heavy atom. The zero-order valence-electron chi connectivity index (χ0n) is 13.4. The highest BCUT2D eigenvalue weighted by Gasteiger charge is 2.10. The second-order valence-corrected chi connectivity index (χ2v) is 5.87. The van der Waals surface area contributed by atoms with Gasteiger partial charge in [-0.2, -0.15) is 0 Å². The highest BCUT2D eigenvalue weighted by molar-refractivity contribution is 5.79. The molecule has 0 spiro atoms. The van der Waals surface area contributed by atoms with Crippen LogP contribution in [0.1, 0.15) is 28.7 Å². The molecule has 2 aromatic carbocycles. The van der Waals surface area contributed by atoms with E-state index in [9.17, 15) is 4.39 Å². The summed E-state index contributed by atoms with van der Waals surface area (Å²) in [5.41, 5.74) is 5.12. The summed E-state index contributed by atoms with van der Waals surface area (Å²) in [5.74, 6) is 0.500. The number of fused-ring (bicyclic) bond motifs is 1. The Labute approximate surface area is 136 Å². The number of benzene rings is 2. The van der Waals surface area contributed by atoms with Crippen LogP contribution in [-0.2, 0) is 25.9 Å². The maximum absolute atomic E-state index is 13.2. The van der Waals surface area contributed by atoms with Crippen molar-refractivity contribution in [2.75, 3.05) is 7.05 Å². The molecule has 23 heavy (non-hydrogen) atoms. The summed E-state index contributed by atoms with van der Waals surface area (Å²) in [5, 5.41) is 6.51. The molecular formula is C19H22FN3. The van der Waals surface area contributed by atoms with Crippen LogP contribution in [0.2, 0.25) is 0 Å². The Kier molecular flexibility index (Phi) is 4.91. The maximum Gasteiger partial charge on any atom is 0.191 e. The lowest BCUT2D eigenvalue weighted by Gasteiger charge is -2.13. The minimum absolute atomic E-state index is 0.217. The number of aliphatic imine (C=N–C) groups is 1. The quantitative estimate of drug-likeness (QED) is 0.672. The Bertz CT molecular complexity index is 710. The van der Waals surface area contributed by atoms with Crippen LogP contribution in [0, 0.1) is 5.82 Å². The Morgan fingerprint density at radius 1 is 1.00 bits per heavy atom. The van der Waals surface area contributed by atoms with E-state index in [1.165, 1.54) is 48.1 Å².